The molecule has 0 atom stereocenters. The summed E-state index contributed by atoms with van der Waals surface area (Å²) in [4.78, 5) is 14.0. The van der Waals surface area contributed by atoms with Crippen molar-refractivity contribution in [1.82, 2.24) is 8.96 Å². The normalized spacial score (nSPS) is 11.8. The van der Waals surface area contributed by atoms with Crippen molar-refractivity contribution in [1.29, 1.82) is 0 Å². The van der Waals surface area contributed by atoms with Gasteiger partial charge in [0.05, 0.1) is 21.0 Å². The van der Waals surface area contributed by atoms with Gasteiger partial charge in [-0.2, -0.15) is 0 Å². The lowest BCUT2D eigenvalue weighted by Crippen LogP contribution is -2.12. The van der Waals surface area contributed by atoms with Gasteiger partial charge in [-0.05, 0) is 30.7 Å². The second kappa shape index (κ2) is 5.73. The maximum atomic E-state index is 12.9. The van der Waals surface area contributed by atoms with Gasteiger partial charge < -0.3 is 0 Å². The van der Waals surface area contributed by atoms with Gasteiger partial charge in [0, 0.05) is 17.2 Å². The number of halogens is 2. The molecule has 0 aliphatic rings. The molecule has 1 heterocycles. The first kappa shape index (κ1) is 16.7. The molecule has 3 rings (SSSR count). The van der Waals surface area contributed by atoms with Gasteiger partial charge in [-0.25, -0.2) is 17.4 Å². The highest BCUT2D eigenvalue weighted by atomic mass is 35.5. The maximum absolute atomic E-state index is 12.9. The van der Waals surface area contributed by atoms with E-state index in [1.165, 1.54) is 30.3 Å². The molecule has 3 aromatic rings. The molecule has 0 bridgehead atoms. The molecule has 0 radical (unpaired) electrons. The smallest absolute Gasteiger partial charge is 0.258 e. The third-order valence-corrected chi connectivity index (χ3v) is 5.99. The van der Waals surface area contributed by atoms with Gasteiger partial charge in [-0.15, -0.1) is 0 Å². The Bertz CT molecular complexity index is 1090. The van der Waals surface area contributed by atoms with Crippen molar-refractivity contribution >= 4 is 49.9 Å². The van der Waals surface area contributed by atoms with E-state index in [1.54, 1.807) is 6.92 Å². The average Bonchev–Trinajstić information content (AvgIpc) is 2.94. The van der Waals surface area contributed by atoms with Crippen molar-refractivity contribution < 1.29 is 13.3 Å². The summed E-state index contributed by atoms with van der Waals surface area (Å²) in [6.45, 7) is 1.66. The number of nitrogens with zero attached hydrogens (tertiary/aromatic N) is 3. The van der Waals surface area contributed by atoms with Crippen molar-refractivity contribution in [2.24, 2.45) is 0 Å². The molecule has 124 valence electrons. The molecule has 2 aromatic carbocycles. The molecule has 0 N–H and O–H groups in total. The standard InChI is InChI=1S/C14H9Cl2N3O4S/c1-8-4-14(11(16)6-10(8)15)24(22,23)18-7-17-12-5-9(19(20)21)2-3-13(12)18/h2-7H,1H3. The fraction of sp³-hybridized carbons (Fsp3) is 0.0714. The minimum absolute atomic E-state index is 0.0191. The number of aromatic nitrogens is 2. The molecule has 0 aliphatic carbocycles. The monoisotopic (exact) mass is 385 g/mol. The number of hydrogen-bond acceptors (Lipinski definition) is 5. The molecule has 0 fully saturated rings. The Labute approximate surface area is 146 Å². The lowest BCUT2D eigenvalue weighted by Gasteiger charge is -2.10. The predicted molar refractivity (Wildman–Crippen MR) is 90.2 cm³/mol. The predicted octanol–water partition coefficient (Wildman–Crippen LogP) is 3.80. The summed E-state index contributed by atoms with van der Waals surface area (Å²) in [7, 11) is -4.03. The molecular weight excluding hydrogens is 377 g/mol. The molecule has 0 aliphatic heterocycles. The highest BCUT2D eigenvalue weighted by Gasteiger charge is 2.24. The number of fused-ring (bicyclic) bond motifs is 1. The minimum atomic E-state index is -4.03. The molecule has 24 heavy (non-hydrogen) atoms. The van der Waals surface area contributed by atoms with Crippen molar-refractivity contribution in [2.75, 3.05) is 0 Å². The molecule has 7 nitrogen and oxygen atoms in total. The first-order chi connectivity index (χ1) is 11.2. The van der Waals surface area contributed by atoms with E-state index >= 15 is 0 Å². The van der Waals surface area contributed by atoms with E-state index in [-0.39, 0.29) is 26.6 Å². The third-order valence-electron chi connectivity index (χ3n) is 3.46. The summed E-state index contributed by atoms with van der Waals surface area (Å²) < 4.78 is 26.7. The van der Waals surface area contributed by atoms with Crippen LogP contribution in [0.15, 0.2) is 41.6 Å². The van der Waals surface area contributed by atoms with Crippen LogP contribution in [-0.4, -0.2) is 22.3 Å². The van der Waals surface area contributed by atoms with Gasteiger partial charge in [-0.3, -0.25) is 10.1 Å². The van der Waals surface area contributed by atoms with E-state index < -0.39 is 14.9 Å². The molecule has 0 amide bonds. The summed E-state index contributed by atoms with van der Waals surface area (Å²) in [5.74, 6) is 0. The van der Waals surface area contributed by atoms with Crippen molar-refractivity contribution in [3.63, 3.8) is 0 Å². The SMILES string of the molecule is Cc1cc(S(=O)(=O)n2cnc3cc([N+](=O)[O-])ccc32)c(Cl)cc1Cl. The van der Waals surface area contributed by atoms with Crippen LogP contribution in [0.3, 0.4) is 0 Å². The van der Waals surface area contributed by atoms with Gasteiger partial charge >= 0.3 is 0 Å². The third kappa shape index (κ3) is 2.62. The lowest BCUT2D eigenvalue weighted by atomic mass is 10.2. The average molecular weight is 386 g/mol. The number of nitro benzene ring substituents is 1. The second-order valence-electron chi connectivity index (χ2n) is 5.01. The van der Waals surface area contributed by atoms with E-state index in [1.807, 2.05) is 0 Å². The van der Waals surface area contributed by atoms with Crippen LogP contribution in [-0.2, 0) is 10.0 Å². The zero-order chi connectivity index (χ0) is 17.6. The van der Waals surface area contributed by atoms with E-state index in [0.29, 0.717) is 10.6 Å². The van der Waals surface area contributed by atoms with Gasteiger partial charge in [0.2, 0.25) is 0 Å². The Kier molecular flexibility index (Phi) is 3.98. The number of nitro groups is 1. The Morgan fingerprint density at radius 1 is 1.17 bits per heavy atom. The zero-order valence-electron chi connectivity index (χ0n) is 12.1. The molecular formula is C14H9Cl2N3O4S. The van der Waals surface area contributed by atoms with Gasteiger partial charge in [0.1, 0.15) is 11.2 Å². The van der Waals surface area contributed by atoms with Crippen molar-refractivity contribution in [3.05, 3.63) is 62.4 Å². The van der Waals surface area contributed by atoms with Crippen molar-refractivity contribution in [2.45, 2.75) is 11.8 Å². The first-order valence-electron chi connectivity index (χ1n) is 6.54. The molecule has 10 heteroatoms. The molecule has 0 saturated heterocycles. The van der Waals surface area contributed by atoms with Gasteiger partial charge in [-0.1, -0.05) is 23.2 Å². The van der Waals surface area contributed by atoms with Crippen LogP contribution >= 0.6 is 23.2 Å². The summed E-state index contributed by atoms with van der Waals surface area (Å²) in [5.41, 5.74) is 0.782. The second-order valence-corrected chi connectivity index (χ2v) is 7.61. The minimum Gasteiger partial charge on any atom is -0.258 e. The largest absolute Gasteiger partial charge is 0.271 e. The number of aryl methyl sites for hydroxylation is 1. The quantitative estimate of drug-likeness (QED) is 0.504. The fourth-order valence-electron chi connectivity index (χ4n) is 2.22. The fourth-order valence-corrected chi connectivity index (χ4v) is 4.32. The van der Waals surface area contributed by atoms with Crippen LogP contribution in [0, 0.1) is 17.0 Å². The molecule has 1 aromatic heterocycles. The van der Waals surface area contributed by atoms with Crippen LogP contribution in [0.2, 0.25) is 10.0 Å². The Hall–Kier alpha value is -2.16. The summed E-state index contributed by atoms with van der Waals surface area (Å²) in [6, 6.07) is 6.47. The van der Waals surface area contributed by atoms with Crippen LogP contribution in [0.4, 0.5) is 5.69 Å². The van der Waals surface area contributed by atoms with Gasteiger partial charge in [0.15, 0.2) is 0 Å². The summed E-state index contributed by atoms with van der Waals surface area (Å²) in [5, 5.41) is 11.1. The number of hydrogen-bond donors (Lipinski definition) is 0. The van der Waals surface area contributed by atoms with Crippen LogP contribution in [0.5, 0.6) is 0 Å². The number of rotatable bonds is 3. The number of benzene rings is 2. The Balaban J connectivity index is 2.23. The molecule has 0 saturated carbocycles. The van der Waals surface area contributed by atoms with E-state index in [0.717, 1.165) is 10.3 Å². The zero-order valence-corrected chi connectivity index (χ0v) is 14.4. The molecule has 0 spiro atoms. The van der Waals surface area contributed by atoms with E-state index in [2.05, 4.69) is 4.98 Å². The summed E-state index contributed by atoms with van der Waals surface area (Å²) in [6.07, 6.45) is 1.09. The van der Waals surface area contributed by atoms with E-state index in [4.69, 9.17) is 23.2 Å². The van der Waals surface area contributed by atoms with E-state index in [9.17, 15) is 18.5 Å². The Morgan fingerprint density at radius 3 is 2.54 bits per heavy atom. The summed E-state index contributed by atoms with van der Waals surface area (Å²) >= 11 is 12.0. The van der Waals surface area contributed by atoms with Crippen molar-refractivity contribution in [3.8, 4) is 0 Å². The van der Waals surface area contributed by atoms with Gasteiger partial charge in [0.25, 0.3) is 15.7 Å². The lowest BCUT2D eigenvalue weighted by molar-refractivity contribution is -0.384. The maximum Gasteiger partial charge on any atom is 0.271 e. The van der Waals surface area contributed by atoms with Crippen LogP contribution in [0.1, 0.15) is 5.56 Å². The number of imidazole rings is 1. The Morgan fingerprint density at radius 2 is 1.88 bits per heavy atom. The number of non-ortho nitro benzene ring substituents is 1. The highest BCUT2D eigenvalue weighted by molar-refractivity contribution is 7.90. The first-order valence-corrected chi connectivity index (χ1v) is 8.74. The topological polar surface area (TPSA) is 95.1 Å². The van der Waals surface area contributed by atoms with Crippen LogP contribution in [0.25, 0.3) is 11.0 Å². The molecule has 0 unspecified atom stereocenters. The van der Waals surface area contributed by atoms with Crippen LogP contribution < -0.4 is 0 Å². The highest BCUT2D eigenvalue weighted by Crippen LogP contribution is 2.31.